The Labute approximate surface area is 181 Å². The van der Waals surface area contributed by atoms with Gasteiger partial charge in [-0.1, -0.05) is 12.8 Å². The Morgan fingerprint density at radius 3 is 2.52 bits per heavy atom. The number of anilines is 1. The summed E-state index contributed by atoms with van der Waals surface area (Å²) in [6.45, 7) is 3.61. The van der Waals surface area contributed by atoms with E-state index in [0.717, 1.165) is 43.1 Å². The zero-order valence-corrected chi connectivity index (χ0v) is 17.8. The molecule has 4 heterocycles. The Morgan fingerprint density at radius 1 is 1.06 bits per heavy atom. The summed E-state index contributed by atoms with van der Waals surface area (Å²) in [6, 6.07) is 10.6. The molecular weight excluding hydrogens is 390 g/mol. The molecule has 160 valence electrons. The SMILES string of the molecule is COc1ccc(N2CC3(CN(C(=O)c4cnc5c(c4)ncn5C4CCCC4)C3)C2)cc1. The molecule has 1 aromatic carbocycles. The number of imidazole rings is 1. The molecule has 6 rings (SSSR count). The zero-order valence-electron chi connectivity index (χ0n) is 17.8. The van der Waals surface area contributed by atoms with Crippen molar-refractivity contribution in [1.29, 1.82) is 0 Å². The van der Waals surface area contributed by atoms with Crippen LogP contribution >= 0.6 is 0 Å². The lowest BCUT2D eigenvalue weighted by Crippen LogP contribution is -2.73. The Bertz CT molecular complexity index is 1120. The van der Waals surface area contributed by atoms with E-state index in [2.05, 4.69) is 31.6 Å². The van der Waals surface area contributed by atoms with Gasteiger partial charge >= 0.3 is 0 Å². The topological polar surface area (TPSA) is 63.5 Å². The number of nitrogens with zero attached hydrogens (tertiary/aromatic N) is 5. The number of carbonyl (C=O) groups excluding carboxylic acids is 1. The zero-order chi connectivity index (χ0) is 21.0. The number of pyridine rings is 1. The Morgan fingerprint density at radius 2 is 1.81 bits per heavy atom. The van der Waals surface area contributed by atoms with Gasteiger partial charge in [-0.15, -0.1) is 0 Å². The molecule has 2 aliphatic heterocycles. The fourth-order valence-electron chi connectivity index (χ4n) is 5.51. The van der Waals surface area contributed by atoms with Crippen LogP contribution in [0, 0.1) is 5.41 Å². The first-order valence-electron chi connectivity index (χ1n) is 11.2. The first-order chi connectivity index (χ1) is 15.1. The molecule has 3 fully saturated rings. The highest BCUT2D eigenvalue weighted by molar-refractivity contribution is 5.97. The monoisotopic (exact) mass is 417 g/mol. The number of aromatic nitrogens is 3. The number of benzene rings is 1. The van der Waals surface area contributed by atoms with Crippen molar-refractivity contribution in [2.75, 3.05) is 38.2 Å². The second-order valence-electron chi connectivity index (χ2n) is 9.37. The summed E-state index contributed by atoms with van der Waals surface area (Å²) in [5.41, 5.74) is 3.81. The van der Waals surface area contributed by atoms with Gasteiger partial charge in [-0.2, -0.15) is 0 Å². The van der Waals surface area contributed by atoms with Crippen molar-refractivity contribution in [3.05, 3.63) is 48.4 Å². The maximum absolute atomic E-state index is 13.0. The van der Waals surface area contributed by atoms with Crippen molar-refractivity contribution in [3.63, 3.8) is 0 Å². The van der Waals surface area contributed by atoms with Crippen LogP contribution in [0.2, 0.25) is 0 Å². The molecule has 0 atom stereocenters. The van der Waals surface area contributed by atoms with Gasteiger partial charge in [-0.05, 0) is 43.2 Å². The number of methoxy groups -OCH3 is 1. The quantitative estimate of drug-likeness (QED) is 0.650. The summed E-state index contributed by atoms with van der Waals surface area (Å²) in [6.07, 6.45) is 8.55. The summed E-state index contributed by atoms with van der Waals surface area (Å²) in [5, 5.41) is 0. The molecule has 31 heavy (non-hydrogen) atoms. The molecule has 0 unspecified atom stereocenters. The first kappa shape index (κ1) is 18.7. The average Bonchev–Trinajstić information content (AvgIpc) is 3.41. The average molecular weight is 418 g/mol. The van der Waals surface area contributed by atoms with E-state index < -0.39 is 0 Å². The van der Waals surface area contributed by atoms with Gasteiger partial charge in [0.1, 0.15) is 11.3 Å². The van der Waals surface area contributed by atoms with Gasteiger partial charge in [0.2, 0.25) is 0 Å². The Balaban J connectivity index is 1.10. The fraction of sp³-hybridized carbons (Fsp3) is 0.458. The van der Waals surface area contributed by atoms with E-state index >= 15 is 0 Å². The van der Waals surface area contributed by atoms with Crippen molar-refractivity contribution in [2.45, 2.75) is 31.7 Å². The number of rotatable bonds is 4. The lowest BCUT2D eigenvalue weighted by atomic mass is 9.72. The second-order valence-corrected chi connectivity index (χ2v) is 9.37. The highest BCUT2D eigenvalue weighted by Crippen LogP contribution is 2.42. The number of carbonyl (C=O) groups is 1. The number of amides is 1. The highest BCUT2D eigenvalue weighted by atomic mass is 16.5. The molecule has 1 saturated carbocycles. The number of likely N-dealkylation sites (tertiary alicyclic amines) is 1. The summed E-state index contributed by atoms with van der Waals surface area (Å²) < 4.78 is 7.43. The van der Waals surface area contributed by atoms with Crippen LogP contribution in [0.25, 0.3) is 11.2 Å². The van der Waals surface area contributed by atoms with Gasteiger partial charge in [0.15, 0.2) is 5.65 Å². The normalized spacial score (nSPS) is 20.2. The van der Waals surface area contributed by atoms with Crippen molar-refractivity contribution in [1.82, 2.24) is 19.4 Å². The molecule has 7 heteroatoms. The molecule has 1 amide bonds. The Hall–Kier alpha value is -3.09. The first-order valence-corrected chi connectivity index (χ1v) is 11.2. The number of hydrogen-bond acceptors (Lipinski definition) is 5. The smallest absolute Gasteiger partial charge is 0.255 e. The third kappa shape index (κ3) is 3.06. The highest BCUT2D eigenvalue weighted by Gasteiger charge is 2.53. The molecular formula is C24H27N5O2. The van der Waals surface area contributed by atoms with Crippen LogP contribution in [0.15, 0.2) is 42.9 Å². The predicted molar refractivity (Wildman–Crippen MR) is 119 cm³/mol. The Kier molecular flexibility index (Phi) is 4.20. The largest absolute Gasteiger partial charge is 0.497 e. The summed E-state index contributed by atoms with van der Waals surface area (Å²) in [7, 11) is 1.68. The van der Waals surface area contributed by atoms with Gasteiger partial charge in [0.05, 0.1) is 19.0 Å². The molecule has 0 N–H and O–H groups in total. The van der Waals surface area contributed by atoms with E-state index in [1.165, 1.54) is 31.4 Å². The van der Waals surface area contributed by atoms with Gasteiger partial charge < -0.3 is 19.1 Å². The van der Waals surface area contributed by atoms with E-state index in [1.54, 1.807) is 13.3 Å². The van der Waals surface area contributed by atoms with Crippen LogP contribution in [0.1, 0.15) is 42.1 Å². The minimum Gasteiger partial charge on any atom is -0.497 e. The van der Waals surface area contributed by atoms with Crippen molar-refractivity contribution < 1.29 is 9.53 Å². The van der Waals surface area contributed by atoms with Crippen LogP contribution in [-0.2, 0) is 0 Å². The van der Waals surface area contributed by atoms with Gasteiger partial charge in [0, 0.05) is 49.5 Å². The third-order valence-electron chi connectivity index (χ3n) is 7.21. The van der Waals surface area contributed by atoms with Crippen molar-refractivity contribution in [2.24, 2.45) is 5.41 Å². The van der Waals surface area contributed by atoms with Crippen LogP contribution < -0.4 is 9.64 Å². The number of hydrogen-bond donors (Lipinski definition) is 0. The molecule has 1 aliphatic carbocycles. The number of ether oxygens (including phenoxy) is 1. The van der Waals surface area contributed by atoms with Gasteiger partial charge in [-0.3, -0.25) is 4.79 Å². The van der Waals surface area contributed by atoms with E-state index in [-0.39, 0.29) is 11.3 Å². The summed E-state index contributed by atoms with van der Waals surface area (Å²) in [5.74, 6) is 0.941. The van der Waals surface area contributed by atoms with Crippen LogP contribution in [0.3, 0.4) is 0 Å². The van der Waals surface area contributed by atoms with E-state index in [1.807, 2.05) is 29.4 Å². The molecule has 3 aromatic rings. The maximum Gasteiger partial charge on any atom is 0.255 e. The van der Waals surface area contributed by atoms with Gasteiger partial charge in [-0.25, -0.2) is 9.97 Å². The van der Waals surface area contributed by atoms with Crippen LogP contribution in [0.4, 0.5) is 5.69 Å². The minimum atomic E-state index is 0.0679. The van der Waals surface area contributed by atoms with E-state index in [9.17, 15) is 4.79 Å². The second kappa shape index (κ2) is 6.97. The molecule has 7 nitrogen and oxygen atoms in total. The maximum atomic E-state index is 13.0. The summed E-state index contributed by atoms with van der Waals surface area (Å²) in [4.78, 5) is 26.5. The molecule has 0 bridgehead atoms. The molecule has 3 aliphatic rings. The fourth-order valence-corrected chi connectivity index (χ4v) is 5.51. The molecule has 0 radical (unpaired) electrons. The van der Waals surface area contributed by atoms with Crippen LogP contribution in [0.5, 0.6) is 5.75 Å². The standard InChI is InChI=1S/C24H27N5O2/c1-31-20-8-6-18(7-9-20)27-12-24(13-27)14-28(15-24)23(30)17-10-21-22(25-11-17)29(16-26-21)19-4-2-3-5-19/h6-11,16,19H,2-5,12-15H2,1H3. The predicted octanol–water partition coefficient (Wildman–Crippen LogP) is 3.52. The van der Waals surface area contributed by atoms with Crippen LogP contribution in [-0.4, -0.2) is 58.6 Å². The number of fused-ring (bicyclic) bond motifs is 1. The van der Waals surface area contributed by atoms with Crippen molar-refractivity contribution in [3.8, 4) is 5.75 Å². The van der Waals surface area contributed by atoms with E-state index in [0.29, 0.717) is 11.6 Å². The minimum absolute atomic E-state index is 0.0679. The molecule has 1 spiro atoms. The van der Waals surface area contributed by atoms with Gasteiger partial charge in [0.25, 0.3) is 5.91 Å². The van der Waals surface area contributed by atoms with E-state index in [4.69, 9.17) is 4.74 Å². The van der Waals surface area contributed by atoms with Crippen molar-refractivity contribution >= 4 is 22.8 Å². The lowest BCUT2D eigenvalue weighted by Gasteiger charge is -2.60. The molecule has 2 saturated heterocycles. The lowest BCUT2D eigenvalue weighted by molar-refractivity contribution is -0.0105. The molecule has 2 aromatic heterocycles. The summed E-state index contributed by atoms with van der Waals surface area (Å²) >= 11 is 0. The third-order valence-corrected chi connectivity index (χ3v) is 7.21.